The van der Waals surface area contributed by atoms with Crippen LogP contribution in [0.1, 0.15) is 11.1 Å². The average Bonchev–Trinajstić information content (AvgIpc) is 3.40. The molecule has 8 nitrogen and oxygen atoms in total. The monoisotopic (exact) mass is 426 g/mol. The summed E-state index contributed by atoms with van der Waals surface area (Å²) >= 11 is 0. The predicted molar refractivity (Wildman–Crippen MR) is 108 cm³/mol. The van der Waals surface area contributed by atoms with Crippen molar-refractivity contribution in [2.45, 2.75) is 12.2 Å². The summed E-state index contributed by atoms with van der Waals surface area (Å²) in [6.45, 7) is 0.187. The van der Waals surface area contributed by atoms with Crippen molar-refractivity contribution < 1.29 is 38.6 Å². The highest BCUT2D eigenvalue weighted by molar-refractivity contribution is 5.97. The molecule has 2 aliphatic rings. The lowest BCUT2D eigenvalue weighted by Crippen LogP contribution is -2.29. The smallest absolute Gasteiger partial charge is 0.345 e. The summed E-state index contributed by atoms with van der Waals surface area (Å²) < 4.78 is 21.4. The van der Waals surface area contributed by atoms with Gasteiger partial charge in [0.2, 0.25) is 0 Å². The van der Waals surface area contributed by atoms with Gasteiger partial charge in [-0.15, -0.1) is 0 Å². The van der Waals surface area contributed by atoms with E-state index in [0.717, 1.165) is 5.56 Å². The van der Waals surface area contributed by atoms with Gasteiger partial charge in [0.25, 0.3) is 5.79 Å². The molecular formula is C23H22O8. The molecule has 1 unspecified atom stereocenters. The lowest BCUT2D eigenvalue weighted by atomic mass is 9.89. The third-order valence-electron chi connectivity index (χ3n) is 5.23. The van der Waals surface area contributed by atoms with E-state index < -0.39 is 11.8 Å². The van der Waals surface area contributed by atoms with Crippen molar-refractivity contribution in [3.05, 3.63) is 76.6 Å². The Morgan fingerprint density at radius 2 is 1.71 bits per heavy atom. The molecule has 1 atom stereocenters. The van der Waals surface area contributed by atoms with Gasteiger partial charge in [-0.25, -0.2) is 4.79 Å². The van der Waals surface area contributed by atoms with Crippen LogP contribution in [0.2, 0.25) is 0 Å². The van der Waals surface area contributed by atoms with Crippen LogP contribution in [0, 0.1) is 0 Å². The molecule has 2 heterocycles. The van der Waals surface area contributed by atoms with Gasteiger partial charge < -0.3 is 28.9 Å². The van der Waals surface area contributed by atoms with Crippen LogP contribution in [0.15, 0.2) is 65.4 Å². The maximum atomic E-state index is 12.8. The summed E-state index contributed by atoms with van der Waals surface area (Å²) in [5, 5.41) is 11.6. The Hall–Kier alpha value is -3.49. The van der Waals surface area contributed by atoms with Crippen LogP contribution >= 0.6 is 0 Å². The quantitative estimate of drug-likeness (QED) is 0.534. The molecule has 4 rings (SSSR count). The second-order valence-electron chi connectivity index (χ2n) is 6.91. The third kappa shape index (κ3) is 3.71. The number of methoxy groups -OCH3 is 3. The first-order valence-electron chi connectivity index (χ1n) is 9.55. The molecule has 1 N–H and O–H groups in total. The molecule has 0 spiro atoms. The molecule has 0 fully saturated rings. The van der Waals surface area contributed by atoms with Crippen LogP contribution in [-0.4, -0.2) is 39.0 Å². The lowest BCUT2D eigenvalue weighted by molar-refractivity contribution is -0.231. The number of benzene rings is 2. The summed E-state index contributed by atoms with van der Waals surface area (Å²) in [5.74, 6) is -0.741. The van der Waals surface area contributed by atoms with Gasteiger partial charge in [-0.1, -0.05) is 6.07 Å². The molecule has 0 aliphatic carbocycles. The number of aliphatic hydroxyl groups is 1. The van der Waals surface area contributed by atoms with E-state index in [4.69, 9.17) is 28.7 Å². The van der Waals surface area contributed by atoms with Crippen molar-refractivity contribution in [2.24, 2.45) is 0 Å². The molecule has 0 amide bonds. The molecule has 0 aromatic heterocycles. The number of hydrogen-bond donors (Lipinski definition) is 1. The van der Waals surface area contributed by atoms with Crippen LogP contribution in [0.4, 0.5) is 0 Å². The molecule has 2 aromatic rings. The molecule has 8 heteroatoms. The largest absolute Gasteiger partial charge is 0.497 e. The fourth-order valence-corrected chi connectivity index (χ4v) is 3.62. The van der Waals surface area contributed by atoms with Gasteiger partial charge in [0.05, 0.1) is 21.3 Å². The van der Waals surface area contributed by atoms with Gasteiger partial charge in [0.1, 0.15) is 29.4 Å². The number of carbonyl (C=O) groups excluding carboxylic acids is 1. The van der Waals surface area contributed by atoms with E-state index in [-0.39, 0.29) is 24.4 Å². The Morgan fingerprint density at radius 3 is 2.32 bits per heavy atom. The first-order chi connectivity index (χ1) is 15.0. The predicted octanol–water partition coefficient (Wildman–Crippen LogP) is 2.80. The number of ether oxygens (including phenoxy) is 4. The van der Waals surface area contributed by atoms with E-state index in [9.17, 15) is 9.90 Å². The Kier molecular flexibility index (Phi) is 5.58. The first-order valence-corrected chi connectivity index (χ1v) is 9.55. The van der Waals surface area contributed by atoms with Crippen LogP contribution in [0.3, 0.4) is 0 Å². The Labute approximate surface area is 179 Å². The molecule has 2 aliphatic heterocycles. The number of hydrogen-bond acceptors (Lipinski definition) is 8. The van der Waals surface area contributed by atoms with Gasteiger partial charge in [-0.3, -0.25) is 0 Å². The Morgan fingerprint density at radius 1 is 1.00 bits per heavy atom. The fourth-order valence-electron chi connectivity index (χ4n) is 3.62. The number of cyclic esters (lactones) is 1. The SMILES string of the molecule is COc1ccc(C2(O)OC(=O)C(C3=CCOO3)=C2Cc2ccc(OC)cc2OC)cc1. The van der Waals surface area contributed by atoms with Gasteiger partial charge in [0, 0.05) is 23.6 Å². The molecule has 162 valence electrons. The topological polar surface area (TPSA) is 92.7 Å². The van der Waals surface area contributed by atoms with Crippen molar-refractivity contribution in [2.75, 3.05) is 27.9 Å². The zero-order chi connectivity index (χ0) is 22.0. The molecule has 2 aromatic carbocycles. The van der Waals surface area contributed by atoms with E-state index in [0.29, 0.717) is 28.4 Å². The number of rotatable bonds is 7. The van der Waals surface area contributed by atoms with Gasteiger partial charge in [-0.05, 0) is 42.0 Å². The molecule has 0 saturated carbocycles. The molecule has 0 bridgehead atoms. The summed E-state index contributed by atoms with van der Waals surface area (Å²) in [6.07, 6.45) is 1.76. The Bertz CT molecular complexity index is 1050. The normalized spacial score (nSPS) is 20.3. The second-order valence-corrected chi connectivity index (χ2v) is 6.91. The van der Waals surface area contributed by atoms with Gasteiger partial charge in [0.15, 0.2) is 5.76 Å². The average molecular weight is 426 g/mol. The van der Waals surface area contributed by atoms with Crippen LogP contribution in [0.25, 0.3) is 0 Å². The van der Waals surface area contributed by atoms with Crippen molar-refractivity contribution in [1.82, 2.24) is 0 Å². The lowest BCUT2D eigenvalue weighted by Gasteiger charge is -2.26. The highest BCUT2D eigenvalue weighted by Crippen LogP contribution is 2.45. The molecular weight excluding hydrogens is 404 g/mol. The van der Waals surface area contributed by atoms with E-state index in [1.807, 2.05) is 0 Å². The van der Waals surface area contributed by atoms with E-state index >= 15 is 0 Å². The highest BCUT2D eigenvalue weighted by atomic mass is 17.2. The van der Waals surface area contributed by atoms with Gasteiger partial charge in [-0.2, -0.15) is 4.89 Å². The standard InChI is InChI=1S/C23H22O8/c1-26-16-8-5-15(6-9-16)23(25)18(21(22(24)30-23)19-10-11-29-31-19)12-14-4-7-17(27-2)13-20(14)28-3/h4-10,13,25H,11-12H2,1-3H3. The summed E-state index contributed by atoms with van der Waals surface area (Å²) in [5.41, 5.74) is 1.52. The van der Waals surface area contributed by atoms with E-state index in [2.05, 4.69) is 0 Å². The van der Waals surface area contributed by atoms with Crippen molar-refractivity contribution in [3.63, 3.8) is 0 Å². The minimum Gasteiger partial charge on any atom is -0.497 e. The van der Waals surface area contributed by atoms with E-state index in [1.165, 1.54) is 7.11 Å². The van der Waals surface area contributed by atoms with Crippen molar-refractivity contribution >= 4 is 5.97 Å². The molecule has 0 radical (unpaired) electrons. The zero-order valence-corrected chi connectivity index (χ0v) is 17.3. The zero-order valence-electron chi connectivity index (χ0n) is 17.3. The van der Waals surface area contributed by atoms with E-state index in [1.54, 1.807) is 62.8 Å². The van der Waals surface area contributed by atoms with Crippen LogP contribution in [-0.2, 0) is 31.5 Å². The van der Waals surface area contributed by atoms with Crippen LogP contribution in [0.5, 0.6) is 17.2 Å². The first kappa shape index (κ1) is 20.8. The van der Waals surface area contributed by atoms with Crippen molar-refractivity contribution in [1.29, 1.82) is 0 Å². The highest BCUT2D eigenvalue weighted by Gasteiger charge is 2.50. The van der Waals surface area contributed by atoms with Crippen LogP contribution < -0.4 is 14.2 Å². The molecule has 0 saturated heterocycles. The van der Waals surface area contributed by atoms with Gasteiger partial charge >= 0.3 is 5.97 Å². The minimum absolute atomic E-state index is 0.119. The number of esters is 1. The summed E-state index contributed by atoms with van der Waals surface area (Å²) in [7, 11) is 4.64. The Balaban J connectivity index is 1.84. The summed E-state index contributed by atoms with van der Waals surface area (Å²) in [6, 6.07) is 11.9. The fraction of sp³-hybridized carbons (Fsp3) is 0.261. The minimum atomic E-state index is -2.00. The number of carbonyl (C=O) groups is 1. The third-order valence-corrected chi connectivity index (χ3v) is 5.23. The summed E-state index contributed by atoms with van der Waals surface area (Å²) in [4.78, 5) is 22.9. The maximum absolute atomic E-state index is 12.8. The molecule has 31 heavy (non-hydrogen) atoms. The van der Waals surface area contributed by atoms with Crippen molar-refractivity contribution in [3.8, 4) is 17.2 Å². The second kappa shape index (κ2) is 8.33. The maximum Gasteiger partial charge on any atom is 0.345 e.